The number of rotatable bonds is 3. The van der Waals surface area contributed by atoms with Gasteiger partial charge < -0.3 is 9.64 Å². The summed E-state index contributed by atoms with van der Waals surface area (Å²) in [4.78, 5) is 2.07. The summed E-state index contributed by atoms with van der Waals surface area (Å²) >= 11 is 0.860. The van der Waals surface area contributed by atoms with Crippen molar-refractivity contribution in [1.82, 2.24) is 13.6 Å². The van der Waals surface area contributed by atoms with Crippen LogP contribution in [0.25, 0.3) is 5.57 Å². The molecule has 8 heteroatoms. The average molecular weight is 279 g/mol. The quantitative estimate of drug-likeness (QED) is 0.850. The second-order valence-electron chi connectivity index (χ2n) is 4.08. The van der Waals surface area contributed by atoms with Gasteiger partial charge in [0.2, 0.25) is 0 Å². The molecule has 2 rings (SSSR count). The highest BCUT2D eigenvalue weighted by molar-refractivity contribution is 6.99. The Morgan fingerprint density at radius 1 is 1.44 bits per heavy atom. The van der Waals surface area contributed by atoms with Gasteiger partial charge in [-0.15, -0.1) is 4.37 Å². The van der Waals surface area contributed by atoms with Crippen molar-refractivity contribution in [1.29, 1.82) is 0 Å². The number of hydrogen-bond donors (Lipinski definition) is 0. The van der Waals surface area contributed by atoms with Crippen LogP contribution in [0.1, 0.15) is 12.1 Å². The van der Waals surface area contributed by atoms with Crippen LogP contribution in [0.2, 0.25) is 0 Å². The first-order chi connectivity index (χ1) is 8.46. The van der Waals surface area contributed by atoms with Crippen LogP contribution in [-0.4, -0.2) is 46.6 Å². The molecule has 0 amide bonds. The molecular weight excluding hydrogens is 267 g/mol. The molecule has 0 atom stereocenters. The summed E-state index contributed by atoms with van der Waals surface area (Å²) in [5.41, 5.74) is 1.30. The molecule has 4 nitrogen and oxygen atoms in total. The molecule has 1 aromatic rings. The van der Waals surface area contributed by atoms with E-state index in [-0.39, 0.29) is 5.88 Å². The number of ether oxygens (including phenoxy) is 1. The lowest BCUT2D eigenvalue weighted by Crippen LogP contribution is -2.25. The molecule has 1 aliphatic rings. The molecule has 0 radical (unpaired) electrons. The summed E-state index contributed by atoms with van der Waals surface area (Å²) in [5, 5.41) is 0. The third kappa shape index (κ3) is 3.42. The van der Waals surface area contributed by atoms with Crippen LogP contribution >= 0.6 is 11.7 Å². The van der Waals surface area contributed by atoms with Crippen molar-refractivity contribution in [3.63, 3.8) is 0 Å². The second-order valence-corrected chi connectivity index (χ2v) is 4.61. The SMILES string of the molecule is CN1CCC=C(c2nsnc2OCC(F)(F)F)C1. The van der Waals surface area contributed by atoms with Gasteiger partial charge in [0, 0.05) is 13.1 Å². The molecule has 0 saturated heterocycles. The maximum absolute atomic E-state index is 12.1. The van der Waals surface area contributed by atoms with Gasteiger partial charge in [-0.05, 0) is 19.0 Å². The molecule has 0 saturated carbocycles. The van der Waals surface area contributed by atoms with Crippen LogP contribution in [-0.2, 0) is 0 Å². The standard InChI is InChI=1S/C10H12F3N3OS/c1-16-4-2-3-7(5-16)8-9(15-18-14-8)17-6-10(11,12)13/h3H,2,4-6H2,1H3. The van der Waals surface area contributed by atoms with Crippen molar-refractivity contribution in [2.45, 2.75) is 12.6 Å². The van der Waals surface area contributed by atoms with E-state index >= 15 is 0 Å². The fraction of sp³-hybridized carbons (Fsp3) is 0.600. The zero-order valence-electron chi connectivity index (χ0n) is 9.70. The smallest absolute Gasteiger partial charge is 0.422 e. The van der Waals surface area contributed by atoms with Crippen molar-refractivity contribution < 1.29 is 17.9 Å². The van der Waals surface area contributed by atoms with E-state index in [1.54, 1.807) is 0 Å². The number of halogens is 3. The Bertz CT molecular complexity index is 444. The summed E-state index contributed by atoms with van der Waals surface area (Å²) in [6.45, 7) is 0.238. The Hall–Kier alpha value is -1.15. The van der Waals surface area contributed by atoms with E-state index in [0.29, 0.717) is 12.2 Å². The van der Waals surface area contributed by atoms with Crippen LogP contribution in [0.4, 0.5) is 13.2 Å². The number of aromatic nitrogens is 2. The molecule has 0 unspecified atom stereocenters. The van der Waals surface area contributed by atoms with E-state index in [0.717, 1.165) is 30.3 Å². The molecular formula is C10H12F3N3OS. The molecule has 100 valence electrons. The van der Waals surface area contributed by atoms with Crippen molar-refractivity contribution in [3.8, 4) is 5.88 Å². The minimum atomic E-state index is -4.36. The summed E-state index contributed by atoms with van der Waals surface area (Å²) < 4.78 is 48.7. The van der Waals surface area contributed by atoms with Crippen molar-refractivity contribution in [3.05, 3.63) is 11.8 Å². The molecule has 0 N–H and O–H groups in total. The van der Waals surface area contributed by atoms with Crippen molar-refractivity contribution in [2.75, 3.05) is 26.7 Å². The van der Waals surface area contributed by atoms with Crippen LogP contribution in [0.3, 0.4) is 0 Å². The molecule has 1 aromatic heterocycles. The number of alkyl halides is 3. The van der Waals surface area contributed by atoms with E-state index in [4.69, 9.17) is 0 Å². The summed E-state index contributed by atoms with van der Waals surface area (Å²) in [7, 11) is 1.95. The maximum atomic E-state index is 12.1. The van der Waals surface area contributed by atoms with Gasteiger partial charge in [0.1, 0.15) is 5.69 Å². The Morgan fingerprint density at radius 2 is 2.22 bits per heavy atom. The van der Waals surface area contributed by atoms with Crippen molar-refractivity contribution in [2.24, 2.45) is 0 Å². The lowest BCUT2D eigenvalue weighted by Gasteiger charge is -2.22. The van der Waals surface area contributed by atoms with Gasteiger partial charge in [0.15, 0.2) is 6.61 Å². The normalized spacial score (nSPS) is 17.7. The maximum Gasteiger partial charge on any atom is 0.422 e. The number of likely N-dealkylation sites (N-methyl/N-ethyl adjacent to an activating group) is 1. The third-order valence-corrected chi connectivity index (χ3v) is 2.99. The lowest BCUT2D eigenvalue weighted by atomic mass is 10.1. The van der Waals surface area contributed by atoms with Gasteiger partial charge >= 0.3 is 6.18 Å². The van der Waals surface area contributed by atoms with Gasteiger partial charge in [-0.25, -0.2) is 0 Å². The van der Waals surface area contributed by atoms with Gasteiger partial charge in [-0.2, -0.15) is 17.5 Å². The van der Waals surface area contributed by atoms with Crippen LogP contribution in [0, 0.1) is 0 Å². The summed E-state index contributed by atoms with van der Waals surface area (Å²) in [5.74, 6) is -0.0288. The molecule has 2 heterocycles. The first kappa shape index (κ1) is 13.3. The van der Waals surface area contributed by atoms with E-state index < -0.39 is 12.8 Å². The Labute approximate surface area is 106 Å². The Kier molecular flexibility index (Phi) is 3.86. The fourth-order valence-electron chi connectivity index (χ4n) is 1.69. The predicted octanol–water partition coefficient (Wildman–Crippen LogP) is 2.20. The first-order valence-electron chi connectivity index (χ1n) is 5.36. The second kappa shape index (κ2) is 5.23. The zero-order valence-corrected chi connectivity index (χ0v) is 10.5. The minimum Gasteiger partial charge on any atom is -0.466 e. The van der Waals surface area contributed by atoms with E-state index in [9.17, 15) is 13.2 Å². The molecule has 1 aliphatic heterocycles. The highest BCUT2D eigenvalue weighted by atomic mass is 32.1. The molecule has 0 bridgehead atoms. The van der Waals surface area contributed by atoms with Crippen LogP contribution in [0.15, 0.2) is 6.08 Å². The van der Waals surface area contributed by atoms with E-state index in [1.165, 1.54) is 0 Å². The number of nitrogens with zero attached hydrogens (tertiary/aromatic N) is 3. The molecule has 0 aromatic carbocycles. The minimum absolute atomic E-state index is 0.0288. The molecule has 0 fully saturated rings. The van der Waals surface area contributed by atoms with Gasteiger partial charge in [0.05, 0.1) is 11.7 Å². The predicted molar refractivity (Wildman–Crippen MR) is 61.6 cm³/mol. The van der Waals surface area contributed by atoms with Crippen LogP contribution < -0.4 is 4.74 Å². The fourth-order valence-corrected chi connectivity index (χ4v) is 2.22. The van der Waals surface area contributed by atoms with E-state index in [2.05, 4.69) is 18.4 Å². The van der Waals surface area contributed by atoms with Gasteiger partial charge in [0.25, 0.3) is 5.88 Å². The third-order valence-electron chi connectivity index (χ3n) is 2.48. The lowest BCUT2D eigenvalue weighted by molar-refractivity contribution is -0.154. The van der Waals surface area contributed by atoms with E-state index in [1.807, 2.05) is 13.1 Å². The topological polar surface area (TPSA) is 38.2 Å². The largest absolute Gasteiger partial charge is 0.466 e. The Morgan fingerprint density at radius 3 is 2.89 bits per heavy atom. The summed E-state index contributed by atoms with van der Waals surface area (Å²) in [6, 6.07) is 0. The highest BCUT2D eigenvalue weighted by Gasteiger charge is 2.30. The first-order valence-corrected chi connectivity index (χ1v) is 6.09. The Balaban J connectivity index is 2.10. The number of hydrogen-bond acceptors (Lipinski definition) is 5. The average Bonchev–Trinajstić information content (AvgIpc) is 2.73. The highest BCUT2D eigenvalue weighted by Crippen LogP contribution is 2.28. The van der Waals surface area contributed by atoms with Crippen molar-refractivity contribution >= 4 is 17.3 Å². The summed E-state index contributed by atoms with van der Waals surface area (Å²) in [6.07, 6.45) is -1.54. The monoisotopic (exact) mass is 279 g/mol. The van der Waals surface area contributed by atoms with Gasteiger partial charge in [-0.1, -0.05) is 6.08 Å². The van der Waals surface area contributed by atoms with Crippen LogP contribution in [0.5, 0.6) is 5.88 Å². The molecule has 0 aliphatic carbocycles. The zero-order chi connectivity index (χ0) is 13.2. The molecule has 0 spiro atoms. The molecule has 18 heavy (non-hydrogen) atoms. The van der Waals surface area contributed by atoms with Gasteiger partial charge in [-0.3, -0.25) is 0 Å².